The SMILES string of the molecule is O=C(O)N[C@@H](Cc1ccccc1)C(=O)COc1c(F)c(F)cc(F)c1F. The van der Waals surface area contributed by atoms with E-state index in [4.69, 9.17) is 5.11 Å². The average molecular weight is 371 g/mol. The maximum Gasteiger partial charge on any atom is 0.405 e. The highest BCUT2D eigenvalue weighted by Crippen LogP contribution is 2.26. The third kappa shape index (κ3) is 4.71. The van der Waals surface area contributed by atoms with E-state index in [0.29, 0.717) is 5.56 Å². The normalized spacial score (nSPS) is 11.7. The van der Waals surface area contributed by atoms with Gasteiger partial charge >= 0.3 is 6.09 Å². The van der Waals surface area contributed by atoms with Crippen LogP contribution in [0.25, 0.3) is 0 Å². The first kappa shape index (κ1) is 19.2. The van der Waals surface area contributed by atoms with E-state index >= 15 is 0 Å². The lowest BCUT2D eigenvalue weighted by Crippen LogP contribution is -2.43. The molecule has 0 radical (unpaired) electrons. The van der Waals surface area contributed by atoms with E-state index in [1.54, 1.807) is 30.3 Å². The number of Topliss-reactive ketones (excluding diaryl/α,β-unsaturated/α-hetero) is 1. The van der Waals surface area contributed by atoms with Crippen molar-refractivity contribution in [3.05, 3.63) is 65.2 Å². The van der Waals surface area contributed by atoms with Crippen molar-refractivity contribution in [1.82, 2.24) is 5.32 Å². The number of benzene rings is 2. The summed E-state index contributed by atoms with van der Waals surface area (Å²) in [5.41, 5.74) is 0.619. The first-order chi connectivity index (χ1) is 12.3. The van der Waals surface area contributed by atoms with Crippen LogP contribution in [0.1, 0.15) is 5.56 Å². The molecule has 1 amide bonds. The Morgan fingerprint density at radius 2 is 1.62 bits per heavy atom. The molecule has 0 heterocycles. The molecule has 1 atom stereocenters. The highest BCUT2D eigenvalue weighted by molar-refractivity contribution is 5.88. The number of carbonyl (C=O) groups excluding carboxylic acids is 1. The van der Waals surface area contributed by atoms with Crippen molar-refractivity contribution in [1.29, 1.82) is 0 Å². The Kier molecular flexibility index (Phi) is 6.16. The molecule has 2 aromatic carbocycles. The van der Waals surface area contributed by atoms with Gasteiger partial charge in [0.1, 0.15) is 6.61 Å². The minimum atomic E-state index is -1.79. The number of amides is 1. The molecular weight excluding hydrogens is 358 g/mol. The first-order valence-corrected chi connectivity index (χ1v) is 7.31. The number of hydrogen-bond donors (Lipinski definition) is 2. The van der Waals surface area contributed by atoms with E-state index in [-0.39, 0.29) is 12.5 Å². The Balaban J connectivity index is 2.14. The molecule has 138 valence electrons. The van der Waals surface area contributed by atoms with Crippen LogP contribution in [0.5, 0.6) is 5.75 Å². The summed E-state index contributed by atoms with van der Waals surface area (Å²) in [5, 5.41) is 10.8. The second kappa shape index (κ2) is 8.32. The molecule has 0 aliphatic rings. The van der Waals surface area contributed by atoms with Crippen molar-refractivity contribution < 1.29 is 37.0 Å². The van der Waals surface area contributed by atoms with Crippen LogP contribution in [0.2, 0.25) is 0 Å². The number of rotatable bonds is 7. The maximum atomic E-state index is 13.5. The average Bonchev–Trinajstić information content (AvgIpc) is 2.60. The Morgan fingerprint density at radius 1 is 1.04 bits per heavy atom. The van der Waals surface area contributed by atoms with Crippen LogP contribution >= 0.6 is 0 Å². The minimum absolute atomic E-state index is 0.00351. The summed E-state index contributed by atoms with van der Waals surface area (Å²) in [4.78, 5) is 23.0. The number of halogens is 4. The van der Waals surface area contributed by atoms with Crippen molar-refractivity contribution in [3.8, 4) is 5.75 Å². The highest BCUT2D eigenvalue weighted by Gasteiger charge is 2.25. The van der Waals surface area contributed by atoms with Gasteiger partial charge in [-0.2, -0.15) is 8.78 Å². The molecular formula is C17H13F4NO4. The number of carboxylic acid groups (broad SMARTS) is 1. The quantitative estimate of drug-likeness (QED) is 0.579. The fraction of sp³-hybridized carbons (Fsp3) is 0.176. The van der Waals surface area contributed by atoms with Gasteiger partial charge < -0.3 is 15.2 Å². The van der Waals surface area contributed by atoms with Gasteiger partial charge in [-0.3, -0.25) is 4.79 Å². The summed E-state index contributed by atoms with van der Waals surface area (Å²) in [5.74, 6) is -9.21. The monoisotopic (exact) mass is 371 g/mol. The van der Waals surface area contributed by atoms with Gasteiger partial charge in [-0.15, -0.1) is 0 Å². The lowest BCUT2D eigenvalue weighted by Gasteiger charge is -2.17. The van der Waals surface area contributed by atoms with Crippen LogP contribution in [-0.4, -0.2) is 29.6 Å². The Labute approximate surface area is 145 Å². The molecule has 2 N–H and O–H groups in total. The van der Waals surface area contributed by atoms with Crippen LogP contribution < -0.4 is 10.1 Å². The summed E-state index contributed by atoms with van der Waals surface area (Å²) in [7, 11) is 0. The lowest BCUT2D eigenvalue weighted by molar-refractivity contribution is -0.123. The standard InChI is InChI=1S/C17H13F4NO4/c18-10-7-11(19)15(21)16(14(10)20)26-8-13(23)12(22-17(24)25)6-9-4-2-1-3-5-9/h1-5,7,12,22H,6,8H2,(H,24,25)/t12-/m0/s1. The fourth-order valence-corrected chi connectivity index (χ4v) is 2.17. The summed E-state index contributed by atoms with van der Waals surface area (Å²) in [6.45, 7) is -0.992. The predicted octanol–water partition coefficient (Wildman–Crippen LogP) is 3.07. The zero-order valence-corrected chi connectivity index (χ0v) is 13.1. The van der Waals surface area contributed by atoms with Gasteiger partial charge in [0.05, 0.1) is 6.04 Å². The summed E-state index contributed by atoms with van der Waals surface area (Å²) < 4.78 is 57.9. The molecule has 0 saturated heterocycles. The molecule has 0 aliphatic heterocycles. The third-order valence-corrected chi connectivity index (χ3v) is 3.40. The second-order valence-electron chi connectivity index (χ2n) is 5.24. The number of nitrogens with one attached hydrogen (secondary N) is 1. The van der Waals surface area contributed by atoms with Gasteiger partial charge in [0.15, 0.2) is 23.2 Å². The zero-order chi connectivity index (χ0) is 19.3. The van der Waals surface area contributed by atoms with Crippen LogP contribution in [0.15, 0.2) is 36.4 Å². The smallest absolute Gasteiger partial charge is 0.405 e. The van der Waals surface area contributed by atoms with E-state index in [1.807, 2.05) is 5.32 Å². The molecule has 2 aromatic rings. The predicted molar refractivity (Wildman–Crippen MR) is 81.9 cm³/mol. The summed E-state index contributed by atoms with van der Waals surface area (Å²) >= 11 is 0. The molecule has 5 nitrogen and oxygen atoms in total. The van der Waals surface area contributed by atoms with Crippen LogP contribution in [0, 0.1) is 23.3 Å². The van der Waals surface area contributed by atoms with E-state index in [0.717, 1.165) is 0 Å². The lowest BCUT2D eigenvalue weighted by atomic mass is 10.0. The Morgan fingerprint density at radius 3 is 2.15 bits per heavy atom. The van der Waals surface area contributed by atoms with Gasteiger partial charge in [0.2, 0.25) is 11.6 Å². The van der Waals surface area contributed by atoms with Crippen LogP contribution in [0.4, 0.5) is 22.4 Å². The third-order valence-electron chi connectivity index (χ3n) is 3.40. The molecule has 0 unspecified atom stereocenters. The maximum absolute atomic E-state index is 13.5. The van der Waals surface area contributed by atoms with Crippen molar-refractivity contribution in [3.63, 3.8) is 0 Å². The van der Waals surface area contributed by atoms with Gasteiger partial charge in [0, 0.05) is 12.5 Å². The van der Waals surface area contributed by atoms with E-state index in [1.165, 1.54) is 0 Å². The topological polar surface area (TPSA) is 75.6 Å². The zero-order valence-electron chi connectivity index (χ0n) is 13.1. The van der Waals surface area contributed by atoms with Crippen LogP contribution in [-0.2, 0) is 11.2 Å². The molecule has 0 fully saturated rings. The number of ether oxygens (including phenoxy) is 1. The number of carbonyl (C=O) groups is 2. The fourth-order valence-electron chi connectivity index (χ4n) is 2.17. The molecule has 0 aromatic heterocycles. The van der Waals surface area contributed by atoms with Crippen molar-refractivity contribution in [2.75, 3.05) is 6.61 Å². The molecule has 2 rings (SSSR count). The number of ketones is 1. The summed E-state index contributed by atoms with van der Waals surface area (Å²) in [6, 6.07) is 7.09. The van der Waals surface area contributed by atoms with Crippen molar-refractivity contribution in [2.45, 2.75) is 12.5 Å². The number of hydrogen-bond acceptors (Lipinski definition) is 3. The van der Waals surface area contributed by atoms with E-state index in [2.05, 4.69) is 4.74 Å². The molecule has 0 bridgehead atoms. The van der Waals surface area contributed by atoms with Gasteiger partial charge in [-0.25, -0.2) is 13.6 Å². The van der Waals surface area contributed by atoms with Crippen molar-refractivity contribution >= 4 is 11.9 Å². The van der Waals surface area contributed by atoms with Crippen molar-refractivity contribution in [2.24, 2.45) is 0 Å². The molecule has 0 saturated carbocycles. The molecule has 9 heteroatoms. The van der Waals surface area contributed by atoms with E-state index < -0.39 is 53.5 Å². The first-order valence-electron chi connectivity index (χ1n) is 7.31. The van der Waals surface area contributed by atoms with E-state index in [9.17, 15) is 27.2 Å². The van der Waals surface area contributed by atoms with Gasteiger partial charge in [-0.1, -0.05) is 30.3 Å². The molecule has 26 heavy (non-hydrogen) atoms. The molecule has 0 aliphatic carbocycles. The van der Waals surface area contributed by atoms with Crippen LogP contribution in [0.3, 0.4) is 0 Å². The highest BCUT2D eigenvalue weighted by atomic mass is 19.2. The van der Waals surface area contributed by atoms with Gasteiger partial charge in [0.25, 0.3) is 0 Å². The summed E-state index contributed by atoms with van der Waals surface area (Å²) in [6.07, 6.45) is -1.54. The Hall–Kier alpha value is -3.10. The second-order valence-corrected chi connectivity index (χ2v) is 5.24. The minimum Gasteiger partial charge on any atom is -0.479 e. The largest absolute Gasteiger partial charge is 0.479 e. The van der Waals surface area contributed by atoms with Gasteiger partial charge in [-0.05, 0) is 5.56 Å². The Bertz CT molecular complexity index is 788. The molecule has 0 spiro atoms.